The Morgan fingerprint density at radius 1 is 1.12 bits per heavy atom. The second kappa shape index (κ2) is 7.56. The van der Waals surface area contributed by atoms with Crippen molar-refractivity contribution in [2.75, 3.05) is 31.1 Å². The highest BCUT2D eigenvalue weighted by molar-refractivity contribution is 9.10. The molecular weight excluding hydrogens is 378 g/mol. The average molecular weight is 402 g/mol. The number of aryl methyl sites for hydroxylation is 3. The van der Waals surface area contributed by atoms with E-state index in [2.05, 4.69) is 45.7 Å². The quantitative estimate of drug-likeness (QED) is 0.779. The lowest BCUT2D eigenvalue weighted by Crippen LogP contribution is -2.49. The number of hydrogen-bond donors (Lipinski definition) is 0. The molecule has 0 N–H and O–H groups in total. The van der Waals surface area contributed by atoms with Crippen LogP contribution >= 0.6 is 15.9 Å². The van der Waals surface area contributed by atoms with Gasteiger partial charge in [-0.25, -0.2) is 4.98 Å². The van der Waals surface area contributed by atoms with Gasteiger partial charge in [0.25, 0.3) is 5.91 Å². The molecule has 1 aliphatic heterocycles. The minimum absolute atomic E-state index is 0.121. The maximum Gasteiger partial charge on any atom is 0.254 e. The molecule has 4 nitrogen and oxygen atoms in total. The molecule has 1 aromatic carbocycles. The van der Waals surface area contributed by atoms with Crippen molar-refractivity contribution >= 4 is 27.7 Å². The van der Waals surface area contributed by atoms with Crippen LogP contribution < -0.4 is 4.90 Å². The second-order valence-electron chi connectivity index (χ2n) is 6.58. The number of halogens is 1. The molecule has 1 aromatic heterocycles. The van der Waals surface area contributed by atoms with Crippen LogP contribution in [0.25, 0.3) is 0 Å². The van der Waals surface area contributed by atoms with E-state index < -0.39 is 0 Å². The van der Waals surface area contributed by atoms with E-state index in [1.54, 1.807) is 0 Å². The topological polar surface area (TPSA) is 36.4 Å². The van der Waals surface area contributed by atoms with Gasteiger partial charge in [0.05, 0.1) is 0 Å². The number of nitrogens with zero attached hydrogens (tertiary/aromatic N) is 3. The fourth-order valence-corrected chi connectivity index (χ4v) is 3.78. The van der Waals surface area contributed by atoms with Gasteiger partial charge in [0, 0.05) is 42.4 Å². The van der Waals surface area contributed by atoms with Crippen LogP contribution in [0.2, 0.25) is 0 Å². The molecule has 0 atom stereocenters. The Labute approximate surface area is 158 Å². The summed E-state index contributed by atoms with van der Waals surface area (Å²) in [4.78, 5) is 21.7. The van der Waals surface area contributed by atoms with Gasteiger partial charge in [-0.2, -0.15) is 0 Å². The Balaban J connectivity index is 1.68. The summed E-state index contributed by atoms with van der Waals surface area (Å²) >= 11 is 3.45. The third-order valence-electron chi connectivity index (χ3n) is 4.80. The third-order valence-corrected chi connectivity index (χ3v) is 5.29. The molecule has 0 unspecified atom stereocenters. The van der Waals surface area contributed by atoms with E-state index in [1.165, 1.54) is 11.1 Å². The lowest BCUT2D eigenvalue weighted by Gasteiger charge is -2.36. The molecule has 1 aliphatic rings. The van der Waals surface area contributed by atoms with Gasteiger partial charge in [-0.3, -0.25) is 4.79 Å². The van der Waals surface area contributed by atoms with Crippen LogP contribution in [-0.2, 0) is 6.42 Å². The van der Waals surface area contributed by atoms with Gasteiger partial charge in [0.2, 0.25) is 0 Å². The highest BCUT2D eigenvalue weighted by Gasteiger charge is 2.24. The molecule has 1 saturated heterocycles. The highest BCUT2D eigenvalue weighted by Crippen LogP contribution is 2.22. The lowest BCUT2D eigenvalue weighted by atomic mass is 10.1. The fraction of sp³-hybridized carbons (Fsp3) is 0.400. The molecule has 3 rings (SSSR count). The maximum atomic E-state index is 12.8. The van der Waals surface area contributed by atoms with Crippen LogP contribution in [-0.4, -0.2) is 42.0 Å². The third kappa shape index (κ3) is 3.87. The fourth-order valence-electron chi connectivity index (χ4n) is 3.31. The van der Waals surface area contributed by atoms with Gasteiger partial charge in [-0.15, -0.1) is 0 Å². The normalized spacial score (nSPS) is 14.7. The first-order valence-corrected chi connectivity index (χ1v) is 9.54. The number of amides is 1. The Kier molecular flexibility index (Phi) is 5.42. The van der Waals surface area contributed by atoms with Gasteiger partial charge in [0.15, 0.2) is 0 Å². The van der Waals surface area contributed by atoms with E-state index in [4.69, 9.17) is 0 Å². The van der Waals surface area contributed by atoms with Crippen molar-refractivity contribution in [3.8, 4) is 0 Å². The smallest absolute Gasteiger partial charge is 0.254 e. The highest BCUT2D eigenvalue weighted by atomic mass is 79.9. The van der Waals surface area contributed by atoms with E-state index >= 15 is 0 Å². The summed E-state index contributed by atoms with van der Waals surface area (Å²) in [5, 5.41) is 0. The van der Waals surface area contributed by atoms with Crippen molar-refractivity contribution in [3.63, 3.8) is 0 Å². The van der Waals surface area contributed by atoms with Crippen LogP contribution in [0.3, 0.4) is 0 Å². The maximum absolute atomic E-state index is 12.8. The summed E-state index contributed by atoms with van der Waals surface area (Å²) in [6.45, 7) is 9.34. The molecule has 0 spiro atoms. The zero-order valence-electron chi connectivity index (χ0n) is 15.1. The first-order valence-electron chi connectivity index (χ1n) is 8.75. The van der Waals surface area contributed by atoms with Gasteiger partial charge in [-0.1, -0.05) is 28.9 Å². The van der Waals surface area contributed by atoms with Crippen molar-refractivity contribution in [3.05, 3.63) is 57.2 Å². The van der Waals surface area contributed by atoms with Crippen molar-refractivity contribution < 1.29 is 4.79 Å². The van der Waals surface area contributed by atoms with Crippen LogP contribution in [0.4, 0.5) is 5.82 Å². The molecule has 1 fully saturated rings. The van der Waals surface area contributed by atoms with E-state index in [9.17, 15) is 4.79 Å². The molecule has 2 heterocycles. The summed E-state index contributed by atoms with van der Waals surface area (Å²) in [6, 6.07) is 8.04. The predicted molar refractivity (Wildman–Crippen MR) is 105 cm³/mol. The number of aromatic nitrogens is 1. The number of hydrogen-bond acceptors (Lipinski definition) is 3. The summed E-state index contributed by atoms with van der Waals surface area (Å²) in [5.74, 6) is 1.17. The monoisotopic (exact) mass is 401 g/mol. The minimum atomic E-state index is 0.121. The van der Waals surface area contributed by atoms with Crippen LogP contribution in [0.5, 0.6) is 0 Å². The van der Waals surface area contributed by atoms with E-state index in [0.29, 0.717) is 0 Å². The van der Waals surface area contributed by atoms with E-state index in [-0.39, 0.29) is 5.91 Å². The van der Waals surface area contributed by atoms with Gasteiger partial charge in [0.1, 0.15) is 5.82 Å². The molecule has 25 heavy (non-hydrogen) atoms. The zero-order chi connectivity index (χ0) is 18.0. The van der Waals surface area contributed by atoms with Crippen LogP contribution in [0.1, 0.15) is 34.0 Å². The summed E-state index contributed by atoms with van der Waals surface area (Å²) < 4.78 is 1.00. The molecular formula is C20H24BrN3O. The first kappa shape index (κ1) is 17.9. The zero-order valence-corrected chi connectivity index (χ0v) is 16.6. The Morgan fingerprint density at radius 2 is 1.84 bits per heavy atom. The van der Waals surface area contributed by atoms with Gasteiger partial charge >= 0.3 is 0 Å². The molecule has 0 radical (unpaired) electrons. The summed E-state index contributed by atoms with van der Waals surface area (Å²) in [5.41, 5.74) is 4.27. The number of piperazine rings is 1. The van der Waals surface area contributed by atoms with Crippen molar-refractivity contribution in [1.82, 2.24) is 9.88 Å². The van der Waals surface area contributed by atoms with Crippen molar-refractivity contribution in [1.29, 1.82) is 0 Å². The van der Waals surface area contributed by atoms with Gasteiger partial charge < -0.3 is 9.80 Å². The number of rotatable bonds is 3. The van der Waals surface area contributed by atoms with Gasteiger partial charge in [-0.05, 0) is 55.2 Å². The number of anilines is 1. The number of benzene rings is 1. The van der Waals surface area contributed by atoms with Crippen molar-refractivity contribution in [2.45, 2.75) is 27.2 Å². The largest absolute Gasteiger partial charge is 0.353 e. The number of carbonyl (C=O) groups excluding carboxylic acids is 1. The Bertz CT molecular complexity index is 783. The minimum Gasteiger partial charge on any atom is -0.353 e. The average Bonchev–Trinajstić information content (AvgIpc) is 2.61. The van der Waals surface area contributed by atoms with E-state index in [1.807, 2.05) is 36.2 Å². The number of pyridine rings is 1. The number of carbonyl (C=O) groups is 1. The molecule has 5 heteroatoms. The SMILES string of the molecule is CCc1cnc(N2CCN(C(=O)c3ccc(Br)cc3C)CC2)c(C)c1. The van der Waals surface area contributed by atoms with E-state index in [0.717, 1.165) is 54.0 Å². The molecule has 0 bridgehead atoms. The molecule has 0 saturated carbocycles. The summed E-state index contributed by atoms with van der Waals surface area (Å²) in [7, 11) is 0. The molecule has 2 aromatic rings. The lowest BCUT2D eigenvalue weighted by molar-refractivity contribution is 0.0746. The van der Waals surface area contributed by atoms with Crippen LogP contribution in [0.15, 0.2) is 34.9 Å². The van der Waals surface area contributed by atoms with Crippen molar-refractivity contribution in [2.24, 2.45) is 0 Å². The first-order chi connectivity index (χ1) is 12.0. The van der Waals surface area contributed by atoms with Crippen LogP contribution in [0, 0.1) is 13.8 Å². The molecule has 0 aliphatic carbocycles. The standard InChI is InChI=1S/C20H24BrN3O/c1-4-16-11-15(3)19(22-13-16)23-7-9-24(10-8-23)20(25)18-6-5-17(21)12-14(18)2/h5-6,11-13H,4,7-10H2,1-3H3. The molecule has 1 amide bonds. The summed E-state index contributed by atoms with van der Waals surface area (Å²) in [6.07, 6.45) is 2.97. The Morgan fingerprint density at radius 3 is 2.44 bits per heavy atom. The predicted octanol–water partition coefficient (Wildman–Crippen LogP) is 3.99. The Hall–Kier alpha value is -1.88. The second-order valence-corrected chi connectivity index (χ2v) is 7.49. The molecule has 132 valence electrons.